The molecule has 0 radical (unpaired) electrons. The first-order valence-electron chi connectivity index (χ1n) is 10.1. The van der Waals surface area contributed by atoms with Gasteiger partial charge in [-0.2, -0.15) is 0 Å². The summed E-state index contributed by atoms with van der Waals surface area (Å²) in [5.41, 5.74) is 3.51. The van der Waals surface area contributed by atoms with Crippen molar-refractivity contribution in [1.29, 1.82) is 0 Å². The number of benzene rings is 1. The van der Waals surface area contributed by atoms with Gasteiger partial charge in [0, 0.05) is 49.4 Å². The number of hydrogen-bond acceptors (Lipinski definition) is 4. The Balaban J connectivity index is 1.68. The molecule has 2 aromatic rings. The third kappa shape index (κ3) is 5.00. The van der Waals surface area contributed by atoms with Crippen LogP contribution in [0.1, 0.15) is 50.0 Å². The predicted octanol–water partition coefficient (Wildman–Crippen LogP) is 4.56. The fraction of sp³-hybridized carbons (Fsp3) is 0.455. The van der Waals surface area contributed by atoms with E-state index < -0.39 is 0 Å². The number of amides is 1. The Labute approximate surface area is 162 Å². The molecule has 5 nitrogen and oxygen atoms in total. The van der Waals surface area contributed by atoms with Gasteiger partial charge < -0.3 is 15.1 Å². The van der Waals surface area contributed by atoms with E-state index in [1.807, 2.05) is 36.4 Å². The van der Waals surface area contributed by atoms with Gasteiger partial charge in [0.1, 0.15) is 5.69 Å². The minimum Gasteiger partial charge on any atom is -0.372 e. The second kappa shape index (κ2) is 9.40. The van der Waals surface area contributed by atoms with Gasteiger partial charge in [0.25, 0.3) is 5.91 Å². The highest BCUT2D eigenvalue weighted by Crippen LogP contribution is 2.21. The van der Waals surface area contributed by atoms with Gasteiger partial charge in [-0.05, 0) is 63.1 Å². The molecule has 0 unspecified atom stereocenters. The molecule has 5 heteroatoms. The quantitative estimate of drug-likeness (QED) is 0.814. The number of carbonyl (C=O) groups excluding carboxylic acids is 1. The van der Waals surface area contributed by atoms with E-state index in [1.54, 1.807) is 6.20 Å². The van der Waals surface area contributed by atoms with Crippen molar-refractivity contribution in [3.63, 3.8) is 0 Å². The first-order chi connectivity index (χ1) is 13.2. The maximum atomic E-state index is 12.6. The minimum atomic E-state index is -0.165. The molecule has 1 aliphatic heterocycles. The molecular formula is C22H30N4O. The highest BCUT2D eigenvalue weighted by atomic mass is 16.1. The number of rotatable bonds is 6. The Morgan fingerprint density at radius 1 is 1.04 bits per heavy atom. The lowest BCUT2D eigenvalue weighted by Crippen LogP contribution is -2.24. The van der Waals surface area contributed by atoms with E-state index in [9.17, 15) is 4.79 Å². The maximum absolute atomic E-state index is 12.6. The summed E-state index contributed by atoms with van der Waals surface area (Å²) >= 11 is 0. The zero-order valence-corrected chi connectivity index (χ0v) is 16.4. The van der Waals surface area contributed by atoms with Crippen LogP contribution >= 0.6 is 0 Å². The van der Waals surface area contributed by atoms with Crippen molar-refractivity contribution in [3.8, 4) is 0 Å². The first kappa shape index (κ1) is 19.2. The summed E-state index contributed by atoms with van der Waals surface area (Å²) in [6.45, 7) is 8.32. The van der Waals surface area contributed by atoms with Crippen molar-refractivity contribution < 1.29 is 4.79 Å². The van der Waals surface area contributed by atoms with E-state index >= 15 is 0 Å². The van der Waals surface area contributed by atoms with Crippen LogP contribution in [-0.4, -0.2) is 37.1 Å². The second-order valence-corrected chi connectivity index (χ2v) is 6.97. The maximum Gasteiger partial charge on any atom is 0.274 e. The lowest BCUT2D eigenvalue weighted by atomic mass is 10.2. The average Bonchev–Trinajstić information content (AvgIpc) is 3.00. The summed E-state index contributed by atoms with van der Waals surface area (Å²) in [5, 5.41) is 2.96. The van der Waals surface area contributed by atoms with Gasteiger partial charge in [-0.1, -0.05) is 12.8 Å². The molecule has 1 saturated heterocycles. The molecule has 0 atom stereocenters. The van der Waals surface area contributed by atoms with Crippen molar-refractivity contribution in [2.24, 2.45) is 0 Å². The first-order valence-corrected chi connectivity index (χ1v) is 10.1. The third-order valence-electron chi connectivity index (χ3n) is 5.20. The average molecular weight is 367 g/mol. The molecule has 1 aliphatic rings. The zero-order chi connectivity index (χ0) is 19.1. The standard InChI is InChI=1S/C22H30N4O/c1-3-25(4-2)19-11-9-18(10-12-19)24-22(27)21-17-20(13-14-23-21)26-15-7-5-6-8-16-26/h9-14,17H,3-8,15-16H2,1-2H3,(H,24,27). The van der Waals surface area contributed by atoms with Crippen molar-refractivity contribution >= 4 is 23.0 Å². The number of aromatic nitrogens is 1. The molecular weight excluding hydrogens is 336 g/mol. The summed E-state index contributed by atoms with van der Waals surface area (Å²) in [5.74, 6) is -0.165. The lowest BCUT2D eigenvalue weighted by Gasteiger charge is -2.23. The SMILES string of the molecule is CCN(CC)c1ccc(NC(=O)c2cc(N3CCCCCC3)ccn2)cc1. The van der Waals surface area contributed by atoms with Crippen LogP contribution in [0.4, 0.5) is 17.1 Å². The predicted molar refractivity (Wildman–Crippen MR) is 113 cm³/mol. The minimum absolute atomic E-state index is 0.165. The Morgan fingerprint density at radius 2 is 1.70 bits per heavy atom. The van der Waals surface area contributed by atoms with Crippen molar-refractivity contribution in [1.82, 2.24) is 4.98 Å². The third-order valence-corrected chi connectivity index (χ3v) is 5.20. The Hall–Kier alpha value is -2.56. The zero-order valence-electron chi connectivity index (χ0n) is 16.4. The van der Waals surface area contributed by atoms with E-state index in [1.165, 1.54) is 31.4 Å². The van der Waals surface area contributed by atoms with E-state index in [4.69, 9.17) is 0 Å². The van der Waals surface area contributed by atoms with Crippen molar-refractivity contribution in [3.05, 3.63) is 48.3 Å². The topological polar surface area (TPSA) is 48.5 Å². The van der Waals surface area contributed by atoms with Crippen LogP contribution in [0.2, 0.25) is 0 Å². The monoisotopic (exact) mass is 366 g/mol. The molecule has 3 rings (SSSR count). The Bertz CT molecular complexity index is 732. The van der Waals surface area contributed by atoms with Crippen LogP contribution in [0.5, 0.6) is 0 Å². The van der Waals surface area contributed by atoms with Crippen LogP contribution < -0.4 is 15.1 Å². The van der Waals surface area contributed by atoms with Crippen LogP contribution in [0.3, 0.4) is 0 Å². The number of nitrogens with zero attached hydrogens (tertiary/aromatic N) is 3. The molecule has 1 fully saturated rings. The molecule has 1 aromatic heterocycles. The van der Waals surface area contributed by atoms with Gasteiger partial charge in [0.2, 0.25) is 0 Å². The fourth-order valence-electron chi connectivity index (χ4n) is 3.61. The Morgan fingerprint density at radius 3 is 2.33 bits per heavy atom. The fourth-order valence-corrected chi connectivity index (χ4v) is 3.61. The van der Waals surface area contributed by atoms with Crippen LogP contribution in [0.25, 0.3) is 0 Å². The number of pyridine rings is 1. The molecule has 0 bridgehead atoms. The molecule has 27 heavy (non-hydrogen) atoms. The van der Waals surface area contributed by atoms with E-state index in [0.29, 0.717) is 5.69 Å². The molecule has 0 spiro atoms. The lowest BCUT2D eigenvalue weighted by molar-refractivity contribution is 0.102. The van der Waals surface area contributed by atoms with E-state index in [-0.39, 0.29) is 5.91 Å². The molecule has 1 aromatic carbocycles. The number of hydrogen-bond donors (Lipinski definition) is 1. The van der Waals surface area contributed by atoms with Crippen LogP contribution in [-0.2, 0) is 0 Å². The van der Waals surface area contributed by atoms with Crippen LogP contribution in [0.15, 0.2) is 42.6 Å². The summed E-state index contributed by atoms with van der Waals surface area (Å²) in [7, 11) is 0. The Kier molecular flexibility index (Phi) is 6.69. The number of anilines is 3. The van der Waals surface area contributed by atoms with Crippen LogP contribution in [0, 0.1) is 0 Å². The van der Waals surface area contributed by atoms with Gasteiger partial charge in [0.15, 0.2) is 0 Å². The highest BCUT2D eigenvalue weighted by molar-refractivity contribution is 6.03. The number of nitrogens with one attached hydrogen (secondary N) is 1. The van der Waals surface area contributed by atoms with Gasteiger partial charge in [-0.15, -0.1) is 0 Å². The summed E-state index contributed by atoms with van der Waals surface area (Å²) in [4.78, 5) is 21.6. The smallest absolute Gasteiger partial charge is 0.274 e. The molecule has 0 saturated carbocycles. The number of carbonyl (C=O) groups is 1. The van der Waals surface area contributed by atoms with Crippen molar-refractivity contribution in [2.45, 2.75) is 39.5 Å². The van der Waals surface area contributed by atoms with Gasteiger partial charge in [-0.3, -0.25) is 9.78 Å². The summed E-state index contributed by atoms with van der Waals surface area (Å²) < 4.78 is 0. The highest BCUT2D eigenvalue weighted by Gasteiger charge is 2.14. The van der Waals surface area contributed by atoms with Gasteiger partial charge >= 0.3 is 0 Å². The molecule has 144 valence electrons. The molecule has 1 N–H and O–H groups in total. The van der Waals surface area contributed by atoms with E-state index in [2.05, 4.69) is 33.9 Å². The largest absolute Gasteiger partial charge is 0.372 e. The summed E-state index contributed by atoms with van der Waals surface area (Å²) in [6.07, 6.45) is 6.74. The molecule has 0 aliphatic carbocycles. The molecule has 1 amide bonds. The summed E-state index contributed by atoms with van der Waals surface area (Å²) in [6, 6.07) is 11.9. The van der Waals surface area contributed by atoms with E-state index in [0.717, 1.165) is 37.6 Å². The van der Waals surface area contributed by atoms with Gasteiger partial charge in [-0.25, -0.2) is 0 Å². The van der Waals surface area contributed by atoms with Gasteiger partial charge in [0.05, 0.1) is 0 Å². The second-order valence-electron chi connectivity index (χ2n) is 6.97. The van der Waals surface area contributed by atoms with Crippen molar-refractivity contribution in [2.75, 3.05) is 41.3 Å². The normalized spacial score (nSPS) is 14.5. The molecule has 2 heterocycles.